The summed E-state index contributed by atoms with van der Waals surface area (Å²) in [5, 5.41) is 1.03. The number of carbonyl (C=O) groups is 4. The van der Waals surface area contributed by atoms with Crippen molar-refractivity contribution >= 4 is 63.8 Å². The van der Waals surface area contributed by atoms with Crippen LogP contribution in [0.25, 0.3) is 5.57 Å². The first kappa shape index (κ1) is 25.7. The molecule has 2 saturated heterocycles. The lowest BCUT2D eigenvalue weighted by molar-refractivity contribution is -0.129. The molecule has 2 aliphatic heterocycles. The maximum absolute atomic E-state index is 14.2. The Morgan fingerprint density at radius 2 is 1.12 bits per heavy atom. The second-order valence-corrected chi connectivity index (χ2v) is 12.6. The van der Waals surface area contributed by atoms with E-state index in [2.05, 4.69) is 6.08 Å². The quantitative estimate of drug-likeness (QED) is 0.267. The molecule has 6 nitrogen and oxygen atoms in total. The number of benzene rings is 3. The molecule has 2 heterocycles. The zero-order valence-corrected chi connectivity index (χ0v) is 23.7. The second-order valence-electron chi connectivity index (χ2n) is 11.7. The molecule has 0 radical (unpaired) electrons. The molecule has 3 aromatic carbocycles. The van der Waals surface area contributed by atoms with Crippen molar-refractivity contribution in [3.8, 4) is 0 Å². The van der Waals surface area contributed by atoms with Gasteiger partial charge in [0.25, 0.3) is 0 Å². The van der Waals surface area contributed by atoms with E-state index in [0.717, 1.165) is 16.7 Å². The van der Waals surface area contributed by atoms with Crippen LogP contribution in [0.2, 0.25) is 10.0 Å². The van der Waals surface area contributed by atoms with E-state index in [1.165, 1.54) is 9.80 Å². The largest absolute Gasteiger partial charge is 0.274 e. The average molecular weight is 595 g/mol. The predicted octanol–water partition coefficient (Wildman–Crippen LogP) is 6.19. The third-order valence-corrected chi connectivity index (χ3v) is 10.3. The number of anilines is 2. The molecular weight excluding hydrogens is 571 g/mol. The smallest absolute Gasteiger partial charge is 0.238 e. The number of imide groups is 2. The fourth-order valence-electron chi connectivity index (χ4n) is 8.21. The number of nitrogens with zero attached hydrogens (tertiary/aromatic N) is 2. The van der Waals surface area contributed by atoms with Crippen LogP contribution in [0, 0.1) is 41.4 Å². The van der Waals surface area contributed by atoms with E-state index in [0.29, 0.717) is 27.8 Å². The molecule has 1 saturated carbocycles. The van der Waals surface area contributed by atoms with Gasteiger partial charge in [-0.1, -0.05) is 71.3 Å². The Balaban J connectivity index is 1.28. The van der Waals surface area contributed by atoms with Gasteiger partial charge in [-0.05, 0) is 72.0 Å². The first-order valence-electron chi connectivity index (χ1n) is 14.1. The summed E-state index contributed by atoms with van der Waals surface area (Å²) in [6.45, 7) is 0. The van der Waals surface area contributed by atoms with Crippen molar-refractivity contribution in [1.29, 1.82) is 0 Å². The topological polar surface area (TPSA) is 74.8 Å². The SMILES string of the molecule is O=C1[C@@H]2[C@@H]3C(=C(c4ccccc4)C[C@H]2C(=O)N1c1ccc(Cl)cc1)[C@H]1C=C[C@H]3[C@@H]2C(=O)N(c3ccc(Cl)cc3)C(=O)[C@@H]21. The molecule has 3 aromatic rings. The van der Waals surface area contributed by atoms with Crippen LogP contribution in [-0.2, 0) is 19.2 Å². The first-order valence-corrected chi connectivity index (χ1v) is 14.8. The summed E-state index contributed by atoms with van der Waals surface area (Å²) >= 11 is 12.2. The third kappa shape index (κ3) is 3.45. The van der Waals surface area contributed by atoms with Crippen LogP contribution in [0.4, 0.5) is 11.4 Å². The lowest BCUT2D eigenvalue weighted by atomic mass is 9.49. The molecule has 0 spiro atoms. The highest BCUT2D eigenvalue weighted by molar-refractivity contribution is 6.31. The van der Waals surface area contributed by atoms with Gasteiger partial charge in [0.2, 0.25) is 23.6 Å². The van der Waals surface area contributed by atoms with Crippen LogP contribution >= 0.6 is 23.2 Å². The lowest BCUT2D eigenvalue weighted by Gasteiger charge is -2.51. The highest BCUT2D eigenvalue weighted by Crippen LogP contribution is 2.63. The molecule has 3 fully saturated rings. The van der Waals surface area contributed by atoms with Gasteiger partial charge >= 0.3 is 0 Å². The number of hydrogen-bond acceptors (Lipinski definition) is 4. The summed E-state index contributed by atoms with van der Waals surface area (Å²) in [6, 6.07) is 23.3. The van der Waals surface area contributed by atoms with Crippen molar-refractivity contribution in [1.82, 2.24) is 0 Å². The summed E-state index contributed by atoms with van der Waals surface area (Å²) in [5.74, 6) is -4.47. The van der Waals surface area contributed by atoms with Crippen LogP contribution < -0.4 is 9.80 Å². The van der Waals surface area contributed by atoms with Gasteiger partial charge in [-0.2, -0.15) is 0 Å². The molecule has 42 heavy (non-hydrogen) atoms. The van der Waals surface area contributed by atoms with Crippen molar-refractivity contribution < 1.29 is 19.2 Å². The third-order valence-electron chi connectivity index (χ3n) is 9.80. The standard InChI is InChI=1S/C34H24Cl2N2O4/c35-18-6-10-20(11-7-18)37-31(39)25-16-24(17-4-2-1-3-5-17)26-22-14-15-23(27(26)30(25)34(37)42)29-28(22)32(40)38(33(29)41)21-12-8-19(36)9-13-21/h1-15,22-23,25,27-30H,16H2/t22-,23-,25-,27+,28-,29+,30+/m1/s1. The highest BCUT2D eigenvalue weighted by Gasteiger charge is 2.67. The molecular formula is C34H24Cl2N2O4. The number of hydrogen-bond donors (Lipinski definition) is 0. The monoisotopic (exact) mass is 594 g/mol. The number of fused-ring (bicyclic) bond motifs is 1. The Kier molecular flexibility index (Phi) is 5.66. The van der Waals surface area contributed by atoms with Gasteiger partial charge in [0.1, 0.15) is 0 Å². The van der Waals surface area contributed by atoms with Crippen molar-refractivity contribution in [2.75, 3.05) is 9.80 Å². The fourth-order valence-corrected chi connectivity index (χ4v) is 8.46. The Morgan fingerprint density at radius 1 is 0.571 bits per heavy atom. The number of allylic oxidation sites excluding steroid dienone is 4. The molecule has 4 amide bonds. The molecule has 4 aliphatic carbocycles. The molecule has 7 atom stereocenters. The van der Waals surface area contributed by atoms with Gasteiger partial charge in [-0.25, -0.2) is 0 Å². The van der Waals surface area contributed by atoms with E-state index in [1.807, 2.05) is 36.4 Å². The average Bonchev–Trinajstić information content (AvgIpc) is 3.43. The van der Waals surface area contributed by atoms with Crippen LogP contribution in [0.3, 0.4) is 0 Å². The molecule has 6 aliphatic rings. The van der Waals surface area contributed by atoms with Crippen LogP contribution in [0.5, 0.6) is 0 Å². The normalized spacial score (nSPS) is 31.1. The van der Waals surface area contributed by atoms with E-state index in [-0.39, 0.29) is 35.5 Å². The maximum atomic E-state index is 14.2. The lowest BCUT2D eigenvalue weighted by Crippen LogP contribution is -2.51. The van der Waals surface area contributed by atoms with Gasteiger partial charge in [0.15, 0.2) is 0 Å². The fraction of sp³-hybridized carbons (Fsp3) is 0.235. The zero-order valence-electron chi connectivity index (χ0n) is 22.2. The summed E-state index contributed by atoms with van der Waals surface area (Å²) < 4.78 is 0. The minimum Gasteiger partial charge on any atom is -0.274 e. The number of carbonyl (C=O) groups excluding carboxylic acids is 4. The predicted molar refractivity (Wildman–Crippen MR) is 159 cm³/mol. The van der Waals surface area contributed by atoms with E-state index >= 15 is 0 Å². The zero-order chi connectivity index (χ0) is 28.9. The molecule has 8 heteroatoms. The highest BCUT2D eigenvalue weighted by atomic mass is 35.5. The Bertz CT molecular complexity index is 1750. The van der Waals surface area contributed by atoms with Crippen molar-refractivity contribution in [2.45, 2.75) is 6.42 Å². The van der Waals surface area contributed by atoms with Gasteiger partial charge in [-0.3, -0.25) is 29.0 Å². The summed E-state index contributed by atoms with van der Waals surface area (Å²) in [7, 11) is 0. The van der Waals surface area contributed by atoms with E-state index < -0.39 is 29.6 Å². The summed E-state index contributed by atoms with van der Waals surface area (Å²) in [6.07, 6.45) is 4.46. The van der Waals surface area contributed by atoms with Crippen LogP contribution in [-0.4, -0.2) is 23.6 Å². The van der Waals surface area contributed by atoms with Crippen molar-refractivity contribution in [3.05, 3.63) is 112 Å². The Hall–Kier alpha value is -4.00. The number of amides is 4. The Labute approximate surface area is 252 Å². The first-order chi connectivity index (χ1) is 20.3. The minimum absolute atomic E-state index is 0.233. The van der Waals surface area contributed by atoms with Crippen LogP contribution in [0.15, 0.2) is 96.6 Å². The second kappa shape index (κ2) is 9.25. The summed E-state index contributed by atoms with van der Waals surface area (Å²) in [4.78, 5) is 58.9. The molecule has 9 rings (SSSR count). The van der Waals surface area contributed by atoms with Crippen molar-refractivity contribution in [3.63, 3.8) is 0 Å². The number of rotatable bonds is 3. The van der Waals surface area contributed by atoms with Gasteiger partial charge in [-0.15, -0.1) is 0 Å². The summed E-state index contributed by atoms with van der Waals surface area (Å²) in [5.41, 5.74) is 3.98. The molecule has 208 valence electrons. The van der Waals surface area contributed by atoms with E-state index in [9.17, 15) is 19.2 Å². The van der Waals surface area contributed by atoms with E-state index in [1.54, 1.807) is 48.5 Å². The van der Waals surface area contributed by atoms with E-state index in [4.69, 9.17) is 23.2 Å². The van der Waals surface area contributed by atoms with Crippen molar-refractivity contribution in [2.24, 2.45) is 41.4 Å². The van der Waals surface area contributed by atoms with Gasteiger partial charge < -0.3 is 0 Å². The Morgan fingerprint density at radius 3 is 1.74 bits per heavy atom. The van der Waals surface area contributed by atoms with Gasteiger partial charge in [0.05, 0.1) is 35.0 Å². The molecule has 0 N–H and O–H groups in total. The minimum atomic E-state index is -0.624. The van der Waals surface area contributed by atoms with Crippen LogP contribution in [0.1, 0.15) is 12.0 Å². The molecule has 0 aromatic heterocycles. The molecule has 2 bridgehead atoms. The number of halogens is 2. The molecule has 0 unspecified atom stereocenters. The maximum Gasteiger partial charge on any atom is 0.238 e. The van der Waals surface area contributed by atoms with Gasteiger partial charge in [0, 0.05) is 21.9 Å².